The van der Waals surface area contributed by atoms with Crippen LogP contribution < -0.4 is 5.14 Å². The second-order valence-electron chi connectivity index (χ2n) is 3.96. The highest BCUT2D eigenvalue weighted by Crippen LogP contribution is 2.42. The smallest absolute Gasteiger partial charge is 0.247 e. The van der Waals surface area contributed by atoms with Crippen LogP contribution in [0.2, 0.25) is 0 Å². The zero-order valence-corrected chi connectivity index (χ0v) is 11.3. The molecular weight excluding hydrogens is 286 g/mol. The van der Waals surface area contributed by atoms with Crippen LogP contribution in [0.25, 0.3) is 0 Å². The van der Waals surface area contributed by atoms with Gasteiger partial charge in [0.25, 0.3) is 0 Å². The van der Waals surface area contributed by atoms with E-state index >= 15 is 0 Å². The fourth-order valence-electron chi connectivity index (χ4n) is 1.71. The fourth-order valence-corrected chi connectivity index (χ4v) is 6.11. The number of aliphatic hydroxyl groups is 1. The van der Waals surface area contributed by atoms with Crippen LogP contribution in [-0.2, 0) is 19.9 Å². The summed E-state index contributed by atoms with van der Waals surface area (Å²) in [6.45, 7) is 1.48. The van der Waals surface area contributed by atoms with Crippen LogP contribution in [0.15, 0.2) is 14.5 Å². The standard InChI is InChI=1S/C8H11NO5S3/c1-4-2-6(10)5-3-7(17(9,13)14)15-8(5)16(4,11)12/h3-4,6,10H,2H2,1H3,(H2,9,13,14)/t4-,6?/m1/s1. The topological polar surface area (TPSA) is 115 Å². The van der Waals surface area contributed by atoms with Gasteiger partial charge in [0.15, 0.2) is 9.84 Å². The number of hydrogen-bond donors (Lipinski definition) is 2. The molecular formula is C8H11NO5S3. The molecule has 0 saturated carbocycles. The molecule has 0 bridgehead atoms. The lowest BCUT2D eigenvalue weighted by atomic mass is 10.1. The summed E-state index contributed by atoms with van der Waals surface area (Å²) in [6, 6.07) is 1.14. The molecule has 1 aliphatic heterocycles. The largest absolute Gasteiger partial charge is 0.388 e. The molecule has 0 aliphatic carbocycles. The van der Waals surface area contributed by atoms with Crippen molar-refractivity contribution in [2.45, 2.75) is 33.1 Å². The number of thiophene rings is 1. The Morgan fingerprint density at radius 2 is 2.12 bits per heavy atom. The van der Waals surface area contributed by atoms with E-state index in [4.69, 9.17) is 5.14 Å². The summed E-state index contributed by atoms with van der Waals surface area (Å²) in [7, 11) is -7.50. The van der Waals surface area contributed by atoms with Crippen LogP contribution in [0, 0.1) is 0 Å². The van der Waals surface area contributed by atoms with Gasteiger partial charge in [-0.25, -0.2) is 22.0 Å². The Hall–Kier alpha value is -0.480. The predicted molar refractivity (Wildman–Crippen MR) is 61.9 cm³/mol. The van der Waals surface area contributed by atoms with E-state index in [2.05, 4.69) is 0 Å². The van der Waals surface area contributed by atoms with Crippen molar-refractivity contribution >= 4 is 31.2 Å². The average Bonchev–Trinajstić information content (AvgIpc) is 2.59. The van der Waals surface area contributed by atoms with Crippen molar-refractivity contribution in [2.24, 2.45) is 5.14 Å². The molecule has 1 aromatic rings. The number of sulfonamides is 1. The first-order chi connectivity index (χ1) is 7.64. The van der Waals surface area contributed by atoms with E-state index in [9.17, 15) is 21.9 Å². The summed E-state index contributed by atoms with van der Waals surface area (Å²) in [4.78, 5) is 0. The summed E-state index contributed by atoms with van der Waals surface area (Å²) in [6.07, 6.45) is -0.897. The number of hydrogen-bond acceptors (Lipinski definition) is 6. The number of fused-ring (bicyclic) bond motifs is 1. The quantitative estimate of drug-likeness (QED) is 0.757. The van der Waals surface area contributed by atoms with Crippen molar-refractivity contribution < 1.29 is 21.9 Å². The number of nitrogens with two attached hydrogens (primary N) is 1. The van der Waals surface area contributed by atoms with Crippen molar-refractivity contribution in [3.8, 4) is 0 Å². The van der Waals surface area contributed by atoms with Gasteiger partial charge in [0.1, 0.15) is 8.42 Å². The molecule has 1 unspecified atom stereocenters. The highest BCUT2D eigenvalue weighted by molar-refractivity contribution is 7.95. The lowest BCUT2D eigenvalue weighted by Crippen LogP contribution is -2.26. The maximum absolute atomic E-state index is 12.0. The van der Waals surface area contributed by atoms with Crippen molar-refractivity contribution in [3.05, 3.63) is 11.6 Å². The summed E-state index contributed by atoms with van der Waals surface area (Å²) >= 11 is 0.596. The Kier molecular flexibility index (Phi) is 2.86. The van der Waals surface area contributed by atoms with E-state index < -0.39 is 31.2 Å². The molecule has 0 saturated heterocycles. The summed E-state index contributed by atoms with van der Waals surface area (Å²) in [5, 5.41) is 14.0. The molecule has 2 rings (SSSR count). The third kappa shape index (κ3) is 2.02. The van der Waals surface area contributed by atoms with Crippen molar-refractivity contribution in [3.63, 3.8) is 0 Å². The van der Waals surface area contributed by atoms with E-state index in [0.717, 1.165) is 6.07 Å². The molecule has 6 nitrogen and oxygen atoms in total. The molecule has 1 aromatic heterocycles. The molecule has 0 amide bonds. The normalized spacial score (nSPS) is 27.7. The van der Waals surface area contributed by atoms with Crippen molar-refractivity contribution in [1.82, 2.24) is 0 Å². The van der Waals surface area contributed by atoms with Gasteiger partial charge in [-0.1, -0.05) is 0 Å². The van der Waals surface area contributed by atoms with E-state index in [1.807, 2.05) is 0 Å². The molecule has 9 heteroatoms. The van der Waals surface area contributed by atoms with Crippen LogP contribution in [0.1, 0.15) is 25.0 Å². The van der Waals surface area contributed by atoms with Crippen LogP contribution in [0.5, 0.6) is 0 Å². The van der Waals surface area contributed by atoms with Gasteiger partial charge in [-0.05, 0) is 19.4 Å². The first kappa shape index (κ1) is 13.0. The summed E-state index contributed by atoms with van der Waals surface area (Å²) in [5.74, 6) is 0. The minimum atomic E-state index is -3.95. The Bertz CT molecular complexity index is 657. The van der Waals surface area contributed by atoms with Crippen molar-refractivity contribution in [2.75, 3.05) is 0 Å². The second kappa shape index (κ2) is 3.75. The molecule has 96 valence electrons. The molecule has 0 spiro atoms. The zero-order valence-electron chi connectivity index (χ0n) is 8.82. The molecule has 1 aliphatic rings. The molecule has 3 N–H and O–H groups in total. The predicted octanol–water partition coefficient (Wildman–Crippen LogP) is -0.00520. The number of sulfone groups is 1. The zero-order chi connectivity index (χ0) is 13.0. The molecule has 2 heterocycles. The van der Waals surface area contributed by atoms with E-state index in [1.165, 1.54) is 6.92 Å². The van der Waals surface area contributed by atoms with Crippen LogP contribution in [-0.4, -0.2) is 27.2 Å². The second-order valence-corrected chi connectivity index (χ2v) is 9.36. The lowest BCUT2D eigenvalue weighted by Gasteiger charge is -2.23. The van der Waals surface area contributed by atoms with E-state index in [0.29, 0.717) is 11.3 Å². The Morgan fingerprint density at radius 1 is 1.53 bits per heavy atom. The van der Waals surface area contributed by atoms with Gasteiger partial charge in [-0.15, -0.1) is 11.3 Å². The number of aliphatic hydroxyl groups excluding tert-OH is 1. The van der Waals surface area contributed by atoms with Gasteiger partial charge in [-0.3, -0.25) is 0 Å². The third-order valence-electron chi connectivity index (χ3n) is 2.69. The molecule has 2 atom stereocenters. The SMILES string of the molecule is C[C@@H]1CC(O)c2cc(S(N)(=O)=O)sc2S1(=O)=O. The monoisotopic (exact) mass is 297 g/mol. The van der Waals surface area contributed by atoms with Crippen molar-refractivity contribution in [1.29, 1.82) is 0 Å². The van der Waals surface area contributed by atoms with Gasteiger partial charge in [0.05, 0.1) is 11.4 Å². The summed E-state index contributed by atoms with van der Waals surface area (Å²) < 4.78 is 45.9. The fraction of sp³-hybridized carbons (Fsp3) is 0.500. The molecule has 0 aromatic carbocycles. The minimum absolute atomic E-state index is 0.0656. The van der Waals surface area contributed by atoms with Gasteiger partial charge < -0.3 is 5.11 Å². The van der Waals surface area contributed by atoms with Crippen LogP contribution in [0.3, 0.4) is 0 Å². The van der Waals surface area contributed by atoms with Gasteiger partial charge in [-0.2, -0.15) is 0 Å². The average molecular weight is 297 g/mol. The van der Waals surface area contributed by atoms with Gasteiger partial charge >= 0.3 is 0 Å². The lowest BCUT2D eigenvalue weighted by molar-refractivity contribution is 0.161. The van der Waals surface area contributed by atoms with Crippen LogP contribution >= 0.6 is 11.3 Å². The highest BCUT2D eigenvalue weighted by Gasteiger charge is 2.38. The molecule has 0 fully saturated rings. The number of primary sulfonamides is 1. The third-order valence-corrected chi connectivity index (χ3v) is 8.00. The Morgan fingerprint density at radius 3 is 2.65 bits per heavy atom. The van der Waals surface area contributed by atoms with E-state index in [-0.39, 0.29) is 20.4 Å². The van der Waals surface area contributed by atoms with Crippen LogP contribution in [0.4, 0.5) is 0 Å². The number of rotatable bonds is 1. The molecule has 17 heavy (non-hydrogen) atoms. The Balaban J connectivity index is 2.73. The minimum Gasteiger partial charge on any atom is -0.388 e. The van der Waals surface area contributed by atoms with E-state index in [1.54, 1.807) is 0 Å². The molecule has 0 radical (unpaired) electrons. The highest BCUT2D eigenvalue weighted by atomic mass is 32.3. The van der Waals surface area contributed by atoms with Gasteiger partial charge in [0, 0.05) is 5.56 Å². The first-order valence-electron chi connectivity index (χ1n) is 4.72. The maximum atomic E-state index is 12.0. The first-order valence-corrected chi connectivity index (χ1v) is 8.63. The Labute approximate surface area is 103 Å². The maximum Gasteiger partial charge on any atom is 0.247 e. The van der Waals surface area contributed by atoms with Gasteiger partial charge in [0.2, 0.25) is 10.0 Å². The summed E-state index contributed by atoms with van der Waals surface area (Å²) in [5.41, 5.74) is 0.136.